The van der Waals surface area contributed by atoms with E-state index in [0.29, 0.717) is 17.0 Å². The highest BCUT2D eigenvalue weighted by molar-refractivity contribution is 7.92. The molecule has 1 heterocycles. The van der Waals surface area contributed by atoms with Gasteiger partial charge in [-0.05, 0) is 44.5 Å². The first kappa shape index (κ1) is 22.3. The molecule has 10 heteroatoms. The van der Waals surface area contributed by atoms with Gasteiger partial charge in [0.05, 0.1) is 26.6 Å². The summed E-state index contributed by atoms with van der Waals surface area (Å²) in [6, 6.07) is 8.23. The van der Waals surface area contributed by atoms with Crippen molar-refractivity contribution in [2.75, 3.05) is 22.8 Å². The summed E-state index contributed by atoms with van der Waals surface area (Å²) in [7, 11) is -4.12. The van der Waals surface area contributed by atoms with Crippen molar-refractivity contribution in [3.05, 3.63) is 64.7 Å². The summed E-state index contributed by atoms with van der Waals surface area (Å²) in [5.74, 6) is 0.260. The number of rotatable bonds is 6. The molecule has 0 bridgehead atoms. The first-order valence-corrected chi connectivity index (χ1v) is 10.9. The zero-order valence-electron chi connectivity index (χ0n) is 17.4. The SMILES string of the molecule is C=CCN1C(=O)C(C)(C)COc2ccc(NS(=O)(=O)c3cc([N+](=O)[O-])ccc3C)cc21. The molecule has 164 valence electrons. The first-order valence-electron chi connectivity index (χ1n) is 9.44. The summed E-state index contributed by atoms with van der Waals surface area (Å²) >= 11 is 0. The van der Waals surface area contributed by atoms with Gasteiger partial charge in [0.2, 0.25) is 5.91 Å². The van der Waals surface area contributed by atoms with Crippen LogP contribution in [-0.4, -0.2) is 32.4 Å². The molecule has 0 fully saturated rings. The number of carbonyl (C=O) groups excluding carboxylic acids is 1. The minimum absolute atomic E-state index is 0.171. The standard InChI is InChI=1S/C21H23N3O6S/c1-5-10-23-17-11-15(7-9-18(17)30-13-21(3,4)20(23)25)22-31(28,29)19-12-16(24(26)27)8-6-14(19)2/h5-9,11-12,22H,1,10,13H2,2-4H3. The van der Waals surface area contributed by atoms with E-state index in [1.807, 2.05) is 0 Å². The number of hydrogen-bond acceptors (Lipinski definition) is 6. The summed E-state index contributed by atoms with van der Waals surface area (Å²) in [6.07, 6.45) is 1.58. The minimum Gasteiger partial charge on any atom is -0.490 e. The quantitative estimate of drug-likeness (QED) is 0.412. The number of nitro benzene ring substituents is 1. The normalized spacial score (nSPS) is 15.5. The van der Waals surface area contributed by atoms with Crippen molar-refractivity contribution < 1.29 is 22.9 Å². The molecule has 0 unspecified atom stereocenters. The summed E-state index contributed by atoms with van der Waals surface area (Å²) in [5, 5.41) is 11.1. The third kappa shape index (κ3) is 4.38. The molecule has 1 amide bonds. The number of carbonyl (C=O) groups is 1. The number of ether oxygens (including phenoxy) is 1. The number of fused-ring (bicyclic) bond motifs is 1. The second-order valence-corrected chi connectivity index (χ2v) is 9.52. The number of amides is 1. The number of nitro groups is 1. The van der Waals surface area contributed by atoms with Crippen LogP contribution in [0.5, 0.6) is 5.75 Å². The monoisotopic (exact) mass is 445 g/mol. The molecular weight excluding hydrogens is 422 g/mol. The van der Waals surface area contributed by atoms with Crippen LogP contribution >= 0.6 is 0 Å². The highest BCUT2D eigenvalue weighted by Crippen LogP contribution is 2.38. The maximum Gasteiger partial charge on any atom is 0.270 e. The average molecular weight is 445 g/mol. The van der Waals surface area contributed by atoms with Crippen LogP contribution in [-0.2, 0) is 14.8 Å². The Kier molecular flexibility index (Phi) is 5.77. The van der Waals surface area contributed by atoms with E-state index < -0.39 is 20.4 Å². The van der Waals surface area contributed by atoms with Gasteiger partial charge in [-0.25, -0.2) is 8.42 Å². The number of aryl methyl sites for hydroxylation is 1. The van der Waals surface area contributed by atoms with Crippen LogP contribution in [0.15, 0.2) is 53.9 Å². The third-order valence-corrected chi connectivity index (χ3v) is 6.42. The zero-order valence-corrected chi connectivity index (χ0v) is 18.2. The summed E-state index contributed by atoms with van der Waals surface area (Å²) in [6.45, 7) is 9.18. The molecule has 0 spiro atoms. The Morgan fingerprint density at radius 3 is 2.65 bits per heavy atom. The number of anilines is 2. The van der Waals surface area contributed by atoms with Crippen molar-refractivity contribution in [3.63, 3.8) is 0 Å². The maximum absolute atomic E-state index is 13.0. The molecule has 1 aliphatic rings. The Balaban J connectivity index is 2.02. The molecule has 2 aromatic rings. The summed E-state index contributed by atoms with van der Waals surface area (Å²) in [5.41, 5.74) is -0.143. The highest BCUT2D eigenvalue weighted by Gasteiger charge is 2.37. The molecule has 0 aromatic heterocycles. The average Bonchev–Trinajstić information content (AvgIpc) is 2.78. The van der Waals surface area contributed by atoms with Gasteiger partial charge in [0.15, 0.2) is 0 Å². The van der Waals surface area contributed by atoms with Crippen molar-refractivity contribution in [1.82, 2.24) is 0 Å². The molecule has 3 rings (SSSR count). The van der Waals surface area contributed by atoms with Gasteiger partial charge in [-0.2, -0.15) is 0 Å². The molecule has 0 saturated heterocycles. The van der Waals surface area contributed by atoms with Crippen LogP contribution in [0.1, 0.15) is 19.4 Å². The number of sulfonamides is 1. The zero-order chi connectivity index (χ0) is 23.0. The lowest BCUT2D eigenvalue weighted by Crippen LogP contribution is -2.42. The number of nitrogens with zero attached hydrogens (tertiary/aromatic N) is 2. The summed E-state index contributed by atoms with van der Waals surface area (Å²) < 4.78 is 34.1. The van der Waals surface area contributed by atoms with Crippen LogP contribution in [0.4, 0.5) is 17.1 Å². The molecule has 2 aromatic carbocycles. The third-order valence-electron chi connectivity index (χ3n) is 4.90. The van der Waals surface area contributed by atoms with Crippen molar-refractivity contribution in [2.24, 2.45) is 5.41 Å². The Morgan fingerprint density at radius 2 is 2.00 bits per heavy atom. The van der Waals surface area contributed by atoms with Crippen LogP contribution in [0.2, 0.25) is 0 Å². The lowest BCUT2D eigenvalue weighted by atomic mass is 9.93. The molecule has 0 atom stereocenters. The van der Waals surface area contributed by atoms with Crippen molar-refractivity contribution in [2.45, 2.75) is 25.7 Å². The Hall–Kier alpha value is -3.40. The van der Waals surface area contributed by atoms with Crippen LogP contribution in [0, 0.1) is 22.5 Å². The topological polar surface area (TPSA) is 119 Å². The van der Waals surface area contributed by atoms with E-state index in [-0.39, 0.29) is 35.3 Å². The molecule has 9 nitrogen and oxygen atoms in total. The van der Waals surface area contributed by atoms with E-state index in [9.17, 15) is 23.3 Å². The van der Waals surface area contributed by atoms with E-state index in [1.165, 1.54) is 29.2 Å². The van der Waals surface area contributed by atoms with Crippen LogP contribution in [0.3, 0.4) is 0 Å². The molecule has 0 radical (unpaired) electrons. The number of non-ortho nitro benzene ring substituents is 1. The minimum atomic E-state index is -4.12. The Morgan fingerprint density at radius 1 is 1.29 bits per heavy atom. The number of nitrogens with one attached hydrogen (secondary N) is 1. The van der Waals surface area contributed by atoms with Crippen LogP contribution in [0.25, 0.3) is 0 Å². The lowest BCUT2D eigenvalue weighted by Gasteiger charge is -2.27. The highest BCUT2D eigenvalue weighted by atomic mass is 32.2. The van der Waals surface area contributed by atoms with E-state index in [0.717, 1.165) is 6.07 Å². The van der Waals surface area contributed by atoms with E-state index in [1.54, 1.807) is 32.9 Å². The van der Waals surface area contributed by atoms with Gasteiger partial charge in [-0.3, -0.25) is 19.6 Å². The fourth-order valence-electron chi connectivity index (χ4n) is 3.22. The molecule has 31 heavy (non-hydrogen) atoms. The van der Waals surface area contributed by atoms with Crippen molar-refractivity contribution in [1.29, 1.82) is 0 Å². The summed E-state index contributed by atoms with van der Waals surface area (Å²) in [4.78, 5) is 24.7. The van der Waals surface area contributed by atoms with E-state index in [4.69, 9.17) is 4.74 Å². The van der Waals surface area contributed by atoms with Gasteiger partial charge >= 0.3 is 0 Å². The molecule has 1 N–H and O–H groups in total. The van der Waals surface area contributed by atoms with Gasteiger partial charge in [-0.15, -0.1) is 6.58 Å². The predicted octanol–water partition coefficient (Wildman–Crippen LogP) is 3.64. The molecular formula is C21H23N3O6S. The number of hydrogen-bond donors (Lipinski definition) is 1. The second kappa shape index (κ2) is 8.03. The second-order valence-electron chi connectivity index (χ2n) is 7.87. The van der Waals surface area contributed by atoms with Gasteiger partial charge in [0, 0.05) is 18.7 Å². The van der Waals surface area contributed by atoms with Gasteiger partial charge in [-0.1, -0.05) is 12.1 Å². The van der Waals surface area contributed by atoms with Crippen molar-refractivity contribution >= 4 is 33.0 Å². The molecule has 0 aliphatic carbocycles. The van der Waals surface area contributed by atoms with Crippen molar-refractivity contribution in [3.8, 4) is 5.75 Å². The smallest absolute Gasteiger partial charge is 0.270 e. The Labute approximate surface area is 180 Å². The molecule has 1 aliphatic heterocycles. The fourth-order valence-corrected chi connectivity index (χ4v) is 4.54. The fraction of sp³-hybridized carbons (Fsp3) is 0.286. The van der Waals surface area contributed by atoms with Gasteiger partial charge in [0.25, 0.3) is 15.7 Å². The van der Waals surface area contributed by atoms with E-state index >= 15 is 0 Å². The van der Waals surface area contributed by atoms with Gasteiger partial charge in [0.1, 0.15) is 12.4 Å². The lowest BCUT2D eigenvalue weighted by molar-refractivity contribution is -0.385. The van der Waals surface area contributed by atoms with Crippen LogP contribution < -0.4 is 14.4 Å². The number of benzene rings is 2. The van der Waals surface area contributed by atoms with E-state index in [2.05, 4.69) is 11.3 Å². The predicted molar refractivity (Wildman–Crippen MR) is 117 cm³/mol. The molecule has 0 saturated carbocycles. The maximum atomic E-state index is 13.0. The largest absolute Gasteiger partial charge is 0.490 e. The van der Waals surface area contributed by atoms with Gasteiger partial charge < -0.3 is 9.64 Å². The Bertz CT molecular complexity index is 1170. The first-order chi connectivity index (χ1) is 14.5.